The van der Waals surface area contributed by atoms with Crippen LogP contribution in [0.15, 0.2) is 170 Å². The number of nitrogens with one attached hydrogen (secondary N) is 1. The smallest absolute Gasteiger partial charge is 0.159 e. The number of benzene rings is 7. The SMILES string of the molecule is c1ccc(C2N=C(c3ccc4oc5ccccc5c4c3)N=C(c3ccc4sc5ccc(-c6cccc7c6oc6ccccc67)cc5c4c3)N2)cc1. The highest BCUT2D eigenvalue weighted by Gasteiger charge is 2.23. The minimum absolute atomic E-state index is 0.295. The number of hydrogen-bond donors (Lipinski definition) is 1. The van der Waals surface area contributed by atoms with Gasteiger partial charge in [0.15, 0.2) is 5.84 Å². The largest absolute Gasteiger partial charge is 0.456 e. The molecule has 1 aliphatic rings. The lowest BCUT2D eigenvalue weighted by Crippen LogP contribution is -2.33. The van der Waals surface area contributed by atoms with E-state index in [-0.39, 0.29) is 6.17 Å². The van der Waals surface area contributed by atoms with Crippen molar-refractivity contribution in [2.24, 2.45) is 9.98 Å². The lowest BCUT2D eigenvalue weighted by atomic mass is 10.00. The molecule has 0 radical (unpaired) electrons. The first kappa shape index (κ1) is 28.3. The number of rotatable bonds is 4. The number of amidine groups is 2. The molecule has 6 heteroatoms. The van der Waals surface area contributed by atoms with Crippen molar-refractivity contribution in [3.05, 3.63) is 168 Å². The summed E-state index contributed by atoms with van der Waals surface area (Å²) in [7, 11) is 0. The zero-order valence-electron chi connectivity index (χ0n) is 27.1. The molecule has 0 saturated carbocycles. The van der Waals surface area contributed by atoms with Crippen LogP contribution < -0.4 is 5.32 Å². The predicted octanol–water partition coefficient (Wildman–Crippen LogP) is 12.0. The van der Waals surface area contributed by atoms with E-state index in [1.165, 1.54) is 20.2 Å². The van der Waals surface area contributed by atoms with Gasteiger partial charge in [-0.05, 0) is 71.8 Å². The van der Waals surface area contributed by atoms with Crippen molar-refractivity contribution in [3.8, 4) is 11.1 Å². The molecule has 0 bridgehead atoms. The summed E-state index contributed by atoms with van der Waals surface area (Å²) in [6.45, 7) is 0. The maximum absolute atomic E-state index is 6.41. The Morgan fingerprint density at radius 1 is 0.490 bits per heavy atom. The molecule has 1 aliphatic heterocycles. The van der Waals surface area contributed by atoms with Crippen molar-refractivity contribution in [1.29, 1.82) is 0 Å². The third-order valence-corrected chi connectivity index (χ3v) is 11.1. The van der Waals surface area contributed by atoms with Gasteiger partial charge in [0.1, 0.15) is 34.3 Å². The average molecular weight is 674 g/mol. The van der Waals surface area contributed by atoms with Crippen molar-refractivity contribution in [3.63, 3.8) is 0 Å². The van der Waals surface area contributed by atoms with E-state index in [0.29, 0.717) is 5.84 Å². The standard InChI is InChI=1S/C45H27N3O2S/c1-2-9-26(10-3-1)43-46-44(28-17-20-39-34(24-28)32-12-5-6-15-37(32)49-39)48-45(47-43)29-19-22-41-36(25-29)35-23-27(18-21-40(35)51-41)30-13-8-14-33-31-11-4-7-16-38(31)50-42(30)33/h1-25,43H,(H,46,47,48). The van der Waals surface area contributed by atoms with Crippen LogP contribution in [-0.4, -0.2) is 11.7 Å². The summed E-state index contributed by atoms with van der Waals surface area (Å²) in [5.74, 6) is 1.47. The zero-order chi connectivity index (χ0) is 33.5. The summed E-state index contributed by atoms with van der Waals surface area (Å²) >= 11 is 1.81. The quantitative estimate of drug-likeness (QED) is 0.202. The Morgan fingerprint density at radius 3 is 1.94 bits per heavy atom. The molecule has 0 saturated heterocycles. The second-order valence-electron chi connectivity index (χ2n) is 13.0. The first-order valence-corrected chi connectivity index (χ1v) is 17.8. The van der Waals surface area contributed by atoms with Crippen molar-refractivity contribution in [2.45, 2.75) is 6.17 Å². The van der Waals surface area contributed by atoms with E-state index < -0.39 is 0 Å². The predicted molar refractivity (Wildman–Crippen MR) is 211 cm³/mol. The molecule has 4 heterocycles. The maximum atomic E-state index is 6.41. The molecule has 240 valence electrons. The van der Waals surface area contributed by atoms with Crippen LogP contribution in [0.4, 0.5) is 0 Å². The van der Waals surface area contributed by atoms with Gasteiger partial charge in [-0.1, -0.05) is 91.0 Å². The Kier molecular flexibility index (Phi) is 6.12. The number of para-hydroxylation sites is 3. The van der Waals surface area contributed by atoms with Crippen LogP contribution in [0, 0.1) is 0 Å². The van der Waals surface area contributed by atoms with Crippen LogP contribution >= 0.6 is 11.3 Å². The van der Waals surface area contributed by atoms with E-state index in [0.717, 1.165) is 77.5 Å². The van der Waals surface area contributed by atoms with Crippen LogP contribution in [0.5, 0.6) is 0 Å². The van der Waals surface area contributed by atoms with Crippen molar-refractivity contribution in [1.82, 2.24) is 5.32 Å². The summed E-state index contributed by atoms with van der Waals surface area (Å²) in [5.41, 5.74) is 8.79. The van der Waals surface area contributed by atoms with Crippen LogP contribution in [0.25, 0.3) is 75.2 Å². The van der Waals surface area contributed by atoms with Gasteiger partial charge in [-0.15, -0.1) is 11.3 Å². The van der Waals surface area contributed by atoms with Crippen molar-refractivity contribution < 1.29 is 8.83 Å². The Bertz CT molecular complexity index is 3070. The van der Waals surface area contributed by atoms with Crippen LogP contribution in [-0.2, 0) is 0 Å². The van der Waals surface area contributed by atoms with E-state index in [2.05, 4.69) is 102 Å². The molecule has 0 aliphatic carbocycles. The molecule has 0 fully saturated rings. The molecule has 51 heavy (non-hydrogen) atoms. The molecular formula is C45H27N3O2S. The minimum atomic E-state index is -0.295. The summed E-state index contributed by atoms with van der Waals surface area (Å²) in [6, 6.07) is 52.8. The number of aliphatic imine (C=N–C) groups is 2. The summed E-state index contributed by atoms with van der Waals surface area (Å²) in [4.78, 5) is 10.3. The first-order valence-electron chi connectivity index (χ1n) is 17.0. The second kappa shape index (κ2) is 11.0. The number of fused-ring (bicyclic) bond motifs is 9. The Hall–Kier alpha value is -6.50. The fraction of sp³-hybridized carbons (Fsp3) is 0.0222. The molecule has 10 aromatic rings. The van der Waals surface area contributed by atoms with Gasteiger partial charge in [0.25, 0.3) is 0 Å². The third kappa shape index (κ3) is 4.54. The highest BCUT2D eigenvalue weighted by Crippen LogP contribution is 2.40. The van der Waals surface area contributed by atoms with Crippen molar-refractivity contribution >= 4 is 87.1 Å². The van der Waals surface area contributed by atoms with Gasteiger partial charge >= 0.3 is 0 Å². The molecule has 1 unspecified atom stereocenters. The van der Waals surface area contributed by atoms with E-state index in [9.17, 15) is 0 Å². The minimum Gasteiger partial charge on any atom is -0.456 e. The highest BCUT2D eigenvalue weighted by molar-refractivity contribution is 7.25. The molecule has 1 N–H and O–H groups in total. The molecule has 5 nitrogen and oxygen atoms in total. The number of furan rings is 2. The van der Waals surface area contributed by atoms with Gasteiger partial charge in [-0.3, -0.25) is 0 Å². The van der Waals surface area contributed by atoms with E-state index in [1.807, 2.05) is 65.9 Å². The van der Waals surface area contributed by atoms with Gasteiger partial charge in [0, 0.05) is 58.4 Å². The lowest BCUT2D eigenvalue weighted by Gasteiger charge is -2.23. The Labute approximate surface area is 295 Å². The van der Waals surface area contributed by atoms with E-state index in [1.54, 1.807) is 0 Å². The highest BCUT2D eigenvalue weighted by atomic mass is 32.1. The molecule has 11 rings (SSSR count). The fourth-order valence-electron chi connectivity index (χ4n) is 7.46. The number of thiophene rings is 1. The first-order chi connectivity index (χ1) is 25.2. The molecule has 7 aromatic carbocycles. The molecule has 0 spiro atoms. The van der Waals surface area contributed by atoms with Crippen LogP contribution in [0.1, 0.15) is 22.9 Å². The van der Waals surface area contributed by atoms with Crippen LogP contribution in [0.3, 0.4) is 0 Å². The van der Waals surface area contributed by atoms with Crippen molar-refractivity contribution in [2.75, 3.05) is 0 Å². The van der Waals surface area contributed by atoms with E-state index >= 15 is 0 Å². The summed E-state index contributed by atoms with van der Waals surface area (Å²) in [5, 5.41) is 10.5. The summed E-state index contributed by atoms with van der Waals surface area (Å²) < 4.78 is 15.0. The average Bonchev–Trinajstić information content (AvgIpc) is 3.88. The van der Waals surface area contributed by atoms with E-state index in [4.69, 9.17) is 18.8 Å². The Morgan fingerprint density at radius 2 is 1.12 bits per heavy atom. The number of hydrogen-bond acceptors (Lipinski definition) is 6. The Balaban J connectivity index is 1.05. The molecule has 3 aromatic heterocycles. The van der Waals surface area contributed by atoms with Gasteiger partial charge < -0.3 is 14.2 Å². The monoisotopic (exact) mass is 673 g/mol. The van der Waals surface area contributed by atoms with Crippen LogP contribution in [0.2, 0.25) is 0 Å². The maximum Gasteiger partial charge on any atom is 0.159 e. The van der Waals surface area contributed by atoms with Gasteiger partial charge in [-0.25, -0.2) is 9.98 Å². The summed E-state index contributed by atoms with van der Waals surface area (Å²) in [6.07, 6.45) is -0.295. The van der Waals surface area contributed by atoms with Gasteiger partial charge in [-0.2, -0.15) is 0 Å². The topological polar surface area (TPSA) is 63.0 Å². The molecule has 1 atom stereocenters. The lowest BCUT2D eigenvalue weighted by molar-refractivity contribution is 0.668. The van der Waals surface area contributed by atoms with Gasteiger partial charge in [0.05, 0.1) is 0 Å². The zero-order valence-corrected chi connectivity index (χ0v) is 27.9. The second-order valence-corrected chi connectivity index (χ2v) is 14.1. The fourth-order valence-corrected chi connectivity index (χ4v) is 8.53. The third-order valence-electron chi connectivity index (χ3n) is 9.95. The molecular weight excluding hydrogens is 647 g/mol. The number of nitrogens with zero attached hydrogens (tertiary/aromatic N) is 2. The van der Waals surface area contributed by atoms with Gasteiger partial charge in [0.2, 0.25) is 0 Å². The normalized spacial score (nSPS) is 14.9. The molecule has 0 amide bonds.